The summed E-state index contributed by atoms with van der Waals surface area (Å²) in [5, 5.41) is 0. The molecule has 4 heteroatoms. The third-order valence-electron chi connectivity index (χ3n) is 3.11. The number of benzene rings is 2. The van der Waals surface area contributed by atoms with E-state index >= 15 is 0 Å². The lowest BCUT2D eigenvalue weighted by Gasteiger charge is -2.14. The molecule has 0 aliphatic carbocycles. The molecule has 0 amide bonds. The number of rotatable bonds is 7. The average molecular weight is 287 g/mol. The zero-order valence-corrected chi connectivity index (χ0v) is 12.5. The molecule has 4 nitrogen and oxygen atoms in total. The Morgan fingerprint density at radius 1 is 0.952 bits per heavy atom. The van der Waals surface area contributed by atoms with E-state index in [4.69, 9.17) is 19.9 Å². The maximum Gasteiger partial charge on any atom is 0.161 e. The number of hydrogen-bond acceptors (Lipinski definition) is 4. The molecule has 0 unspecified atom stereocenters. The van der Waals surface area contributed by atoms with Crippen LogP contribution < -0.4 is 19.9 Å². The van der Waals surface area contributed by atoms with Gasteiger partial charge in [-0.1, -0.05) is 18.2 Å². The number of methoxy groups -OCH3 is 1. The molecule has 0 fully saturated rings. The minimum atomic E-state index is 0.404. The summed E-state index contributed by atoms with van der Waals surface area (Å²) < 4.78 is 16.8. The number of nitrogens with two attached hydrogens (primary N) is 1. The quantitative estimate of drug-likeness (QED) is 0.850. The fraction of sp³-hybridized carbons (Fsp3) is 0.294. The molecule has 2 rings (SSSR count). The Balaban J connectivity index is 2.16. The highest BCUT2D eigenvalue weighted by molar-refractivity contribution is 5.41. The van der Waals surface area contributed by atoms with Gasteiger partial charge in [-0.2, -0.15) is 0 Å². The SMILES string of the molecule is CCOc1ccccc1OCc1cc(CN)ccc1OC. The molecular weight excluding hydrogens is 266 g/mol. The van der Waals surface area contributed by atoms with Crippen molar-refractivity contribution in [1.29, 1.82) is 0 Å². The van der Waals surface area contributed by atoms with E-state index in [1.807, 2.05) is 49.4 Å². The first-order valence-corrected chi connectivity index (χ1v) is 6.99. The summed E-state index contributed by atoms with van der Waals surface area (Å²) in [6.45, 7) is 3.45. The van der Waals surface area contributed by atoms with Crippen LogP contribution in [0.1, 0.15) is 18.1 Å². The molecule has 0 spiro atoms. The Bertz CT molecular complexity index is 584. The second kappa shape index (κ2) is 7.55. The van der Waals surface area contributed by atoms with Crippen LogP contribution in [0.25, 0.3) is 0 Å². The Morgan fingerprint density at radius 3 is 2.29 bits per heavy atom. The van der Waals surface area contributed by atoms with Crippen LogP contribution in [-0.2, 0) is 13.2 Å². The maximum atomic E-state index is 5.87. The van der Waals surface area contributed by atoms with Crippen LogP contribution in [0.2, 0.25) is 0 Å². The van der Waals surface area contributed by atoms with Gasteiger partial charge in [0.25, 0.3) is 0 Å². The number of hydrogen-bond donors (Lipinski definition) is 1. The van der Waals surface area contributed by atoms with Gasteiger partial charge in [-0.3, -0.25) is 0 Å². The Kier molecular flexibility index (Phi) is 5.46. The Labute approximate surface area is 125 Å². The highest BCUT2D eigenvalue weighted by Gasteiger charge is 2.08. The van der Waals surface area contributed by atoms with Crippen LogP contribution >= 0.6 is 0 Å². The molecule has 0 aliphatic heterocycles. The van der Waals surface area contributed by atoms with Gasteiger partial charge in [-0.15, -0.1) is 0 Å². The minimum absolute atomic E-state index is 0.404. The van der Waals surface area contributed by atoms with Gasteiger partial charge in [0.15, 0.2) is 11.5 Å². The molecule has 0 aliphatic rings. The predicted octanol–water partition coefficient (Wildman–Crippen LogP) is 3.13. The zero-order chi connectivity index (χ0) is 15.1. The second-order valence-electron chi connectivity index (χ2n) is 4.52. The molecule has 0 saturated carbocycles. The summed E-state index contributed by atoms with van der Waals surface area (Å²) in [4.78, 5) is 0. The smallest absolute Gasteiger partial charge is 0.161 e. The monoisotopic (exact) mass is 287 g/mol. The summed E-state index contributed by atoms with van der Waals surface area (Å²) >= 11 is 0. The number of ether oxygens (including phenoxy) is 3. The van der Waals surface area contributed by atoms with E-state index in [2.05, 4.69) is 0 Å². The maximum absolute atomic E-state index is 5.87. The molecule has 0 radical (unpaired) electrons. The van der Waals surface area contributed by atoms with E-state index in [0.29, 0.717) is 19.8 Å². The fourth-order valence-corrected chi connectivity index (χ4v) is 2.07. The molecule has 0 saturated heterocycles. The van der Waals surface area contributed by atoms with Gasteiger partial charge in [-0.25, -0.2) is 0 Å². The molecule has 0 bridgehead atoms. The van der Waals surface area contributed by atoms with Crippen molar-refractivity contribution in [2.75, 3.05) is 13.7 Å². The molecule has 0 atom stereocenters. The lowest BCUT2D eigenvalue weighted by atomic mass is 10.1. The Morgan fingerprint density at radius 2 is 1.67 bits per heavy atom. The lowest BCUT2D eigenvalue weighted by molar-refractivity contribution is 0.265. The molecular formula is C17H21NO3. The largest absolute Gasteiger partial charge is 0.496 e. The summed E-state index contributed by atoms with van der Waals surface area (Å²) in [5.41, 5.74) is 7.69. The van der Waals surface area contributed by atoms with E-state index in [0.717, 1.165) is 28.4 Å². The van der Waals surface area contributed by atoms with Crippen LogP contribution in [0.5, 0.6) is 17.2 Å². The third-order valence-corrected chi connectivity index (χ3v) is 3.11. The van der Waals surface area contributed by atoms with E-state index in [1.165, 1.54) is 0 Å². The highest BCUT2D eigenvalue weighted by atomic mass is 16.5. The van der Waals surface area contributed by atoms with Crippen molar-refractivity contribution in [2.45, 2.75) is 20.1 Å². The minimum Gasteiger partial charge on any atom is -0.496 e. The van der Waals surface area contributed by atoms with E-state index in [-0.39, 0.29) is 0 Å². The van der Waals surface area contributed by atoms with Gasteiger partial charge in [0.1, 0.15) is 12.4 Å². The molecule has 2 N–H and O–H groups in total. The first-order chi connectivity index (χ1) is 10.3. The zero-order valence-electron chi connectivity index (χ0n) is 12.5. The van der Waals surface area contributed by atoms with E-state index in [9.17, 15) is 0 Å². The van der Waals surface area contributed by atoms with Crippen LogP contribution in [0.3, 0.4) is 0 Å². The van der Waals surface area contributed by atoms with E-state index in [1.54, 1.807) is 7.11 Å². The van der Waals surface area contributed by atoms with Crippen molar-refractivity contribution in [3.05, 3.63) is 53.6 Å². The number of para-hydroxylation sites is 2. The highest BCUT2D eigenvalue weighted by Crippen LogP contribution is 2.28. The van der Waals surface area contributed by atoms with Crippen LogP contribution in [0, 0.1) is 0 Å². The molecule has 2 aromatic rings. The summed E-state index contributed by atoms with van der Waals surface area (Å²) in [6, 6.07) is 13.5. The standard InChI is InChI=1S/C17H21NO3/c1-3-20-16-6-4-5-7-17(16)21-12-14-10-13(11-18)8-9-15(14)19-2/h4-10H,3,11-12,18H2,1-2H3. The van der Waals surface area contributed by atoms with Crippen molar-refractivity contribution < 1.29 is 14.2 Å². The van der Waals surface area contributed by atoms with Gasteiger partial charge in [0, 0.05) is 12.1 Å². The average Bonchev–Trinajstić information content (AvgIpc) is 2.54. The topological polar surface area (TPSA) is 53.7 Å². The van der Waals surface area contributed by atoms with Crippen LogP contribution in [-0.4, -0.2) is 13.7 Å². The molecule has 21 heavy (non-hydrogen) atoms. The molecule has 2 aromatic carbocycles. The normalized spacial score (nSPS) is 10.2. The summed E-state index contributed by atoms with van der Waals surface area (Å²) in [7, 11) is 1.65. The van der Waals surface area contributed by atoms with Gasteiger partial charge in [0.05, 0.1) is 13.7 Å². The van der Waals surface area contributed by atoms with Crippen molar-refractivity contribution in [2.24, 2.45) is 5.73 Å². The van der Waals surface area contributed by atoms with E-state index < -0.39 is 0 Å². The summed E-state index contributed by atoms with van der Waals surface area (Å²) in [5.74, 6) is 2.26. The summed E-state index contributed by atoms with van der Waals surface area (Å²) in [6.07, 6.45) is 0. The van der Waals surface area contributed by atoms with Gasteiger partial charge < -0.3 is 19.9 Å². The van der Waals surface area contributed by atoms with Crippen molar-refractivity contribution >= 4 is 0 Å². The van der Waals surface area contributed by atoms with Crippen molar-refractivity contribution in [3.8, 4) is 17.2 Å². The van der Waals surface area contributed by atoms with Gasteiger partial charge >= 0.3 is 0 Å². The van der Waals surface area contributed by atoms with Crippen molar-refractivity contribution in [3.63, 3.8) is 0 Å². The third kappa shape index (κ3) is 3.89. The predicted molar refractivity (Wildman–Crippen MR) is 82.8 cm³/mol. The first-order valence-electron chi connectivity index (χ1n) is 6.99. The molecule has 0 aromatic heterocycles. The van der Waals surface area contributed by atoms with Crippen molar-refractivity contribution in [1.82, 2.24) is 0 Å². The Hall–Kier alpha value is -2.20. The van der Waals surface area contributed by atoms with Crippen LogP contribution in [0.15, 0.2) is 42.5 Å². The lowest BCUT2D eigenvalue weighted by Crippen LogP contribution is -2.03. The molecule has 112 valence electrons. The first kappa shape index (κ1) is 15.2. The van der Waals surface area contributed by atoms with Gasteiger partial charge in [-0.05, 0) is 36.8 Å². The molecule has 0 heterocycles. The van der Waals surface area contributed by atoms with Gasteiger partial charge in [0.2, 0.25) is 0 Å². The van der Waals surface area contributed by atoms with Crippen LogP contribution in [0.4, 0.5) is 0 Å². The second-order valence-corrected chi connectivity index (χ2v) is 4.52. The fourth-order valence-electron chi connectivity index (χ4n) is 2.07.